The number of piperidine rings is 1. The second-order valence-corrected chi connectivity index (χ2v) is 9.59. The maximum Gasteiger partial charge on any atom is 0.257 e. The predicted molar refractivity (Wildman–Crippen MR) is 127 cm³/mol. The topological polar surface area (TPSA) is 74.3 Å². The standard InChI is InChI=1S/C26H32F2N4O2/c1-18-13-21(16-29-15-18)25(34)31-23-4-2-3-19(14-23)17-32-11-7-20(8-12-32)24(33)30-22-5-9-26(27,28)10-6-22/h2-4,13-16,20,22H,5-12,17H2,1H3,(H,30,33)(H,31,34). The Morgan fingerprint density at radius 3 is 2.53 bits per heavy atom. The summed E-state index contributed by atoms with van der Waals surface area (Å²) in [6, 6.07) is 9.46. The Morgan fingerprint density at radius 2 is 1.82 bits per heavy atom. The van der Waals surface area contributed by atoms with Gasteiger partial charge in [-0.1, -0.05) is 12.1 Å². The van der Waals surface area contributed by atoms with Crippen molar-refractivity contribution in [3.05, 3.63) is 59.4 Å². The minimum atomic E-state index is -2.58. The van der Waals surface area contributed by atoms with Crippen LogP contribution in [0.4, 0.5) is 14.5 Å². The monoisotopic (exact) mass is 470 g/mol. The Kier molecular flexibility index (Phi) is 7.56. The van der Waals surface area contributed by atoms with Gasteiger partial charge in [-0.3, -0.25) is 19.5 Å². The molecule has 6 nitrogen and oxygen atoms in total. The summed E-state index contributed by atoms with van der Waals surface area (Å²) in [5, 5.41) is 5.93. The van der Waals surface area contributed by atoms with Crippen LogP contribution in [0.25, 0.3) is 0 Å². The van der Waals surface area contributed by atoms with Crippen molar-refractivity contribution in [2.75, 3.05) is 18.4 Å². The van der Waals surface area contributed by atoms with Crippen molar-refractivity contribution >= 4 is 17.5 Å². The minimum absolute atomic E-state index is 0.00483. The number of likely N-dealkylation sites (tertiary alicyclic amines) is 1. The quantitative estimate of drug-likeness (QED) is 0.650. The molecule has 4 rings (SSSR count). The normalized spacial score (nSPS) is 19.5. The molecule has 1 aromatic heterocycles. The first-order valence-corrected chi connectivity index (χ1v) is 12.0. The van der Waals surface area contributed by atoms with Gasteiger partial charge in [0.05, 0.1) is 5.56 Å². The number of nitrogens with zero attached hydrogens (tertiary/aromatic N) is 2. The maximum absolute atomic E-state index is 13.3. The van der Waals surface area contributed by atoms with Crippen molar-refractivity contribution in [1.82, 2.24) is 15.2 Å². The van der Waals surface area contributed by atoms with Gasteiger partial charge in [0, 0.05) is 49.4 Å². The number of halogens is 2. The van der Waals surface area contributed by atoms with Gasteiger partial charge in [-0.05, 0) is 75.0 Å². The van der Waals surface area contributed by atoms with Crippen molar-refractivity contribution in [2.24, 2.45) is 5.92 Å². The lowest BCUT2D eigenvalue weighted by atomic mass is 9.90. The van der Waals surface area contributed by atoms with Crippen LogP contribution in [0.2, 0.25) is 0 Å². The van der Waals surface area contributed by atoms with Crippen LogP contribution in [0.3, 0.4) is 0 Å². The average Bonchev–Trinajstić information content (AvgIpc) is 2.81. The number of alkyl halides is 2. The summed E-state index contributed by atoms with van der Waals surface area (Å²) >= 11 is 0. The lowest BCUT2D eigenvalue weighted by Gasteiger charge is -2.33. The molecule has 182 valence electrons. The van der Waals surface area contributed by atoms with E-state index in [2.05, 4.69) is 20.5 Å². The van der Waals surface area contributed by atoms with Gasteiger partial charge in [0.1, 0.15) is 0 Å². The van der Waals surface area contributed by atoms with Crippen molar-refractivity contribution < 1.29 is 18.4 Å². The molecule has 0 radical (unpaired) electrons. The summed E-state index contributed by atoms with van der Waals surface area (Å²) in [5.74, 6) is -2.83. The SMILES string of the molecule is Cc1cncc(C(=O)Nc2cccc(CN3CCC(C(=O)NC4CCC(F)(F)CC4)CC3)c2)c1. The first-order chi connectivity index (χ1) is 16.3. The largest absolute Gasteiger partial charge is 0.353 e. The number of pyridine rings is 1. The number of carbonyl (C=O) groups is 2. The molecule has 2 heterocycles. The fraction of sp³-hybridized carbons (Fsp3) is 0.500. The number of amides is 2. The molecule has 0 unspecified atom stereocenters. The van der Waals surface area contributed by atoms with Crippen molar-refractivity contribution in [2.45, 2.75) is 64.0 Å². The van der Waals surface area contributed by atoms with E-state index in [0.717, 1.165) is 49.3 Å². The van der Waals surface area contributed by atoms with Crippen molar-refractivity contribution in [1.29, 1.82) is 0 Å². The Balaban J connectivity index is 1.24. The zero-order valence-corrected chi connectivity index (χ0v) is 19.5. The second-order valence-electron chi connectivity index (χ2n) is 9.59. The van der Waals surface area contributed by atoms with E-state index in [4.69, 9.17) is 0 Å². The van der Waals surface area contributed by atoms with Gasteiger partial charge in [0.25, 0.3) is 5.91 Å². The van der Waals surface area contributed by atoms with Gasteiger partial charge in [-0.15, -0.1) is 0 Å². The van der Waals surface area contributed by atoms with E-state index in [1.54, 1.807) is 18.5 Å². The number of nitrogens with one attached hydrogen (secondary N) is 2. The zero-order chi connectivity index (χ0) is 24.1. The second kappa shape index (κ2) is 10.6. The van der Waals surface area contributed by atoms with E-state index >= 15 is 0 Å². The molecule has 2 aromatic rings. The van der Waals surface area contributed by atoms with Crippen molar-refractivity contribution in [3.63, 3.8) is 0 Å². The first-order valence-electron chi connectivity index (χ1n) is 12.0. The number of hydrogen-bond donors (Lipinski definition) is 2. The molecule has 2 fully saturated rings. The van der Waals surface area contributed by atoms with Gasteiger partial charge in [-0.25, -0.2) is 8.78 Å². The van der Waals surface area contributed by atoms with Crippen LogP contribution in [0.15, 0.2) is 42.7 Å². The molecule has 0 spiro atoms. The van der Waals surface area contributed by atoms with Gasteiger partial charge in [0.15, 0.2) is 0 Å². The number of carbonyl (C=O) groups excluding carboxylic acids is 2. The molecule has 8 heteroatoms. The summed E-state index contributed by atoms with van der Waals surface area (Å²) in [6.07, 6.45) is 5.19. The van der Waals surface area contributed by atoms with E-state index in [1.165, 1.54) is 0 Å². The summed E-state index contributed by atoms with van der Waals surface area (Å²) in [7, 11) is 0. The molecule has 34 heavy (non-hydrogen) atoms. The van der Waals surface area contributed by atoms with Crippen LogP contribution < -0.4 is 10.6 Å². The Labute approximate surface area is 199 Å². The molecule has 1 saturated carbocycles. The first kappa shape index (κ1) is 24.3. The molecule has 2 amide bonds. The Hall–Kier alpha value is -2.87. The smallest absolute Gasteiger partial charge is 0.257 e. The molecular formula is C26H32F2N4O2. The van der Waals surface area contributed by atoms with Crippen LogP contribution in [0.5, 0.6) is 0 Å². The van der Waals surface area contributed by atoms with Crippen molar-refractivity contribution in [3.8, 4) is 0 Å². The fourth-order valence-corrected chi connectivity index (χ4v) is 4.74. The molecule has 1 aliphatic carbocycles. The fourth-order valence-electron chi connectivity index (χ4n) is 4.74. The maximum atomic E-state index is 13.3. The van der Waals surface area contributed by atoms with E-state index in [0.29, 0.717) is 18.4 Å². The third kappa shape index (κ3) is 6.59. The minimum Gasteiger partial charge on any atom is -0.353 e. The highest BCUT2D eigenvalue weighted by molar-refractivity contribution is 6.04. The number of aromatic nitrogens is 1. The van der Waals surface area contributed by atoms with Crippen LogP contribution >= 0.6 is 0 Å². The third-order valence-corrected chi connectivity index (χ3v) is 6.75. The highest BCUT2D eigenvalue weighted by atomic mass is 19.3. The van der Waals surface area contributed by atoms with E-state index < -0.39 is 5.92 Å². The summed E-state index contributed by atoms with van der Waals surface area (Å²) in [4.78, 5) is 31.5. The molecule has 0 atom stereocenters. The number of benzene rings is 1. The van der Waals surface area contributed by atoms with Crippen LogP contribution in [0, 0.1) is 12.8 Å². The van der Waals surface area contributed by atoms with E-state index in [-0.39, 0.29) is 36.6 Å². The van der Waals surface area contributed by atoms with E-state index in [1.807, 2.05) is 31.2 Å². The molecule has 1 aliphatic heterocycles. The number of anilines is 1. The molecule has 1 saturated heterocycles. The van der Waals surface area contributed by atoms with Gasteiger partial charge in [0.2, 0.25) is 11.8 Å². The number of aryl methyl sites for hydroxylation is 1. The third-order valence-electron chi connectivity index (χ3n) is 6.75. The Morgan fingerprint density at radius 1 is 1.09 bits per heavy atom. The molecule has 2 N–H and O–H groups in total. The highest BCUT2D eigenvalue weighted by Gasteiger charge is 2.36. The summed E-state index contributed by atoms with van der Waals surface area (Å²) in [5.41, 5.74) is 3.27. The van der Waals surface area contributed by atoms with E-state index in [9.17, 15) is 18.4 Å². The highest BCUT2D eigenvalue weighted by Crippen LogP contribution is 2.33. The predicted octanol–water partition coefficient (Wildman–Crippen LogP) is 4.55. The van der Waals surface area contributed by atoms with Gasteiger partial charge < -0.3 is 10.6 Å². The lowest BCUT2D eigenvalue weighted by Crippen LogP contribution is -2.45. The number of rotatable bonds is 6. The molecule has 2 aliphatic rings. The molecular weight excluding hydrogens is 438 g/mol. The van der Waals surface area contributed by atoms with Crippen LogP contribution in [0.1, 0.15) is 60.0 Å². The van der Waals surface area contributed by atoms with Gasteiger partial charge in [-0.2, -0.15) is 0 Å². The summed E-state index contributed by atoms with van der Waals surface area (Å²) in [6.45, 7) is 4.23. The zero-order valence-electron chi connectivity index (χ0n) is 19.5. The number of hydrogen-bond acceptors (Lipinski definition) is 4. The summed E-state index contributed by atoms with van der Waals surface area (Å²) < 4.78 is 26.7. The molecule has 0 bridgehead atoms. The molecule has 1 aromatic carbocycles. The van der Waals surface area contributed by atoms with Crippen LogP contribution in [-0.2, 0) is 11.3 Å². The Bertz CT molecular complexity index is 1010. The average molecular weight is 471 g/mol. The lowest BCUT2D eigenvalue weighted by molar-refractivity contribution is -0.128. The van der Waals surface area contributed by atoms with Gasteiger partial charge >= 0.3 is 0 Å². The van der Waals surface area contributed by atoms with Crippen LogP contribution in [-0.4, -0.2) is 46.8 Å².